The molecule has 1 atom stereocenters. The SMILES string of the molecule is COc1c(CN2CCC(C)C2)cc(Cl)c(OC2(c3cccc(-c4cccc(NC(=O)c5nc6c(n5C)CCN(C)C6)c4Cl)c3C)CCOCC2)c1F. The number of aromatic nitrogens is 2. The van der Waals surface area contributed by atoms with Crippen LogP contribution in [0.3, 0.4) is 0 Å². The number of carbonyl (C=O) groups excluding carboxylic acids is 1. The van der Waals surface area contributed by atoms with Crippen molar-refractivity contribution in [2.24, 2.45) is 13.0 Å². The zero-order valence-electron chi connectivity index (χ0n) is 30.5. The summed E-state index contributed by atoms with van der Waals surface area (Å²) in [5.41, 5.74) is 5.64. The molecule has 0 aliphatic carbocycles. The number of anilines is 1. The summed E-state index contributed by atoms with van der Waals surface area (Å²) >= 11 is 13.9. The van der Waals surface area contributed by atoms with Gasteiger partial charge in [-0.25, -0.2) is 4.98 Å². The fourth-order valence-corrected chi connectivity index (χ4v) is 8.62. The van der Waals surface area contributed by atoms with Gasteiger partial charge in [-0.05, 0) is 61.7 Å². The van der Waals surface area contributed by atoms with Gasteiger partial charge in [0.05, 0.1) is 41.8 Å². The molecule has 52 heavy (non-hydrogen) atoms. The van der Waals surface area contributed by atoms with Crippen molar-refractivity contribution in [2.75, 3.05) is 52.3 Å². The quantitative estimate of drug-likeness (QED) is 0.186. The standard InChI is InChI=1S/C40H46Cl2FN5O4/c1-24-12-17-48(21-24)22-26-20-30(41)37(35(43)36(26)50-5)52-40(14-18-51-19-15-40)29-10-6-8-27(25(29)2)28-9-7-11-31(34(28)42)45-39(49)38-44-32-23-46(3)16-13-33(32)47(38)4/h6-11,20,24H,12-19,21-23H2,1-5H3,(H,45,49). The molecular weight excluding hydrogens is 704 g/mol. The molecule has 2 fully saturated rings. The molecule has 1 N–H and O–H groups in total. The number of fused-ring (bicyclic) bond motifs is 1. The van der Waals surface area contributed by atoms with Crippen LogP contribution in [-0.4, -0.2) is 72.3 Å². The summed E-state index contributed by atoms with van der Waals surface area (Å²) in [6.45, 7) is 9.16. The van der Waals surface area contributed by atoms with Crippen LogP contribution in [0.1, 0.15) is 64.9 Å². The van der Waals surface area contributed by atoms with Gasteiger partial charge >= 0.3 is 0 Å². The fourth-order valence-electron chi connectivity index (χ4n) is 8.10. The van der Waals surface area contributed by atoms with Crippen LogP contribution < -0.4 is 14.8 Å². The van der Waals surface area contributed by atoms with Gasteiger partial charge in [-0.15, -0.1) is 0 Å². The first-order valence-corrected chi connectivity index (χ1v) is 18.7. The van der Waals surface area contributed by atoms with Crippen molar-refractivity contribution in [2.45, 2.75) is 58.2 Å². The molecule has 3 aliphatic rings. The molecule has 12 heteroatoms. The van der Waals surface area contributed by atoms with Crippen molar-refractivity contribution in [1.29, 1.82) is 0 Å². The molecule has 2 saturated heterocycles. The fraction of sp³-hybridized carbons (Fsp3) is 0.450. The molecule has 0 radical (unpaired) electrons. The van der Waals surface area contributed by atoms with E-state index in [2.05, 4.69) is 27.0 Å². The summed E-state index contributed by atoms with van der Waals surface area (Å²) in [7, 11) is 5.41. The van der Waals surface area contributed by atoms with Gasteiger partial charge in [-0.1, -0.05) is 60.5 Å². The average molecular weight is 751 g/mol. The highest BCUT2D eigenvalue weighted by atomic mass is 35.5. The van der Waals surface area contributed by atoms with Gasteiger partial charge in [0.1, 0.15) is 5.60 Å². The van der Waals surface area contributed by atoms with E-state index in [0.29, 0.717) is 67.2 Å². The lowest BCUT2D eigenvalue weighted by atomic mass is 9.81. The number of rotatable bonds is 9. The lowest BCUT2D eigenvalue weighted by Crippen LogP contribution is -2.40. The number of halogens is 3. The minimum Gasteiger partial charge on any atom is -0.493 e. The highest BCUT2D eigenvalue weighted by Crippen LogP contribution is 2.47. The summed E-state index contributed by atoms with van der Waals surface area (Å²) in [6.07, 6.45) is 2.91. The Hall–Kier alpha value is -3.67. The van der Waals surface area contributed by atoms with E-state index in [-0.39, 0.29) is 22.4 Å². The van der Waals surface area contributed by atoms with E-state index in [9.17, 15) is 4.79 Å². The zero-order valence-corrected chi connectivity index (χ0v) is 32.0. The van der Waals surface area contributed by atoms with E-state index in [0.717, 1.165) is 66.1 Å². The van der Waals surface area contributed by atoms with Crippen LogP contribution in [0, 0.1) is 18.7 Å². The Labute approximate surface area is 315 Å². The van der Waals surface area contributed by atoms with Crippen LogP contribution in [0.25, 0.3) is 11.1 Å². The molecule has 3 aliphatic heterocycles. The lowest BCUT2D eigenvalue weighted by molar-refractivity contribution is -0.0522. The third-order valence-electron chi connectivity index (χ3n) is 10.9. The molecule has 1 unspecified atom stereocenters. The largest absolute Gasteiger partial charge is 0.493 e. The average Bonchev–Trinajstić information content (AvgIpc) is 3.69. The van der Waals surface area contributed by atoms with Crippen molar-refractivity contribution >= 4 is 34.8 Å². The molecule has 276 valence electrons. The number of imidazole rings is 1. The maximum Gasteiger partial charge on any atom is 0.291 e. The van der Waals surface area contributed by atoms with E-state index in [4.69, 9.17) is 37.4 Å². The molecule has 7 rings (SSSR count). The molecule has 0 spiro atoms. The number of hydrogen-bond acceptors (Lipinski definition) is 7. The van der Waals surface area contributed by atoms with E-state index in [1.807, 2.05) is 55.9 Å². The first-order chi connectivity index (χ1) is 25.0. The molecule has 4 aromatic rings. The van der Waals surface area contributed by atoms with E-state index >= 15 is 4.39 Å². The van der Waals surface area contributed by atoms with Crippen molar-refractivity contribution in [3.05, 3.63) is 92.2 Å². The summed E-state index contributed by atoms with van der Waals surface area (Å²) in [4.78, 5) is 22.7. The predicted molar refractivity (Wildman–Crippen MR) is 202 cm³/mol. The van der Waals surface area contributed by atoms with Gasteiger partial charge in [0.2, 0.25) is 5.82 Å². The molecule has 1 aromatic heterocycles. The van der Waals surface area contributed by atoms with Crippen LogP contribution in [0.15, 0.2) is 42.5 Å². The Morgan fingerprint density at radius 1 is 1.10 bits per heavy atom. The van der Waals surface area contributed by atoms with Gasteiger partial charge in [-0.2, -0.15) is 4.39 Å². The number of nitrogens with one attached hydrogen (secondary N) is 1. The van der Waals surface area contributed by atoms with Crippen LogP contribution in [-0.2, 0) is 36.9 Å². The van der Waals surface area contributed by atoms with Crippen LogP contribution in [0.4, 0.5) is 10.1 Å². The molecule has 0 saturated carbocycles. The smallest absolute Gasteiger partial charge is 0.291 e. The number of nitrogens with zero attached hydrogens (tertiary/aromatic N) is 4. The number of ether oxygens (including phenoxy) is 3. The Bertz CT molecular complexity index is 2000. The summed E-state index contributed by atoms with van der Waals surface area (Å²) in [5.74, 6) is 0.124. The number of benzene rings is 3. The van der Waals surface area contributed by atoms with Crippen LogP contribution in [0.5, 0.6) is 11.5 Å². The van der Waals surface area contributed by atoms with Crippen molar-refractivity contribution in [1.82, 2.24) is 19.4 Å². The maximum absolute atomic E-state index is 16.4. The van der Waals surface area contributed by atoms with E-state index in [1.54, 1.807) is 12.1 Å². The molecule has 0 bridgehead atoms. The number of amides is 1. The molecule has 3 aromatic carbocycles. The number of methoxy groups -OCH3 is 1. The van der Waals surface area contributed by atoms with Gasteiger partial charge in [0, 0.05) is 69.3 Å². The second-order valence-electron chi connectivity index (χ2n) is 14.5. The van der Waals surface area contributed by atoms with Gasteiger partial charge in [-0.3, -0.25) is 9.69 Å². The first-order valence-electron chi connectivity index (χ1n) is 18.0. The molecule has 9 nitrogen and oxygen atoms in total. The number of carbonyl (C=O) groups is 1. The van der Waals surface area contributed by atoms with Gasteiger partial charge in [0.25, 0.3) is 5.91 Å². The van der Waals surface area contributed by atoms with Crippen LogP contribution >= 0.6 is 23.2 Å². The third-order valence-corrected chi connectivity index (χ3v) is 11.6. The first kappa shape index (κ1) is 36.7. The maximum atomic E-state index is 16.4. The normalized spacial score (nSPS) is 19.0. The summed E-state index contributed by atoms with van der Waals surface area (Å²) < 4.78 is 36.5. The topological polar surface area (TPSA) is 81.1 Å². The molecule has 4 heterocycles. The highest BCUT2D eigenvalue weighted by Gasteiger charge is 2.41. The number of likely N-dealkylation sites (tertiary alicyclic amines) is 1. The monoisotopic (exact) mass is 749 g/mol. The third kappa shape index (κ3) is 6.92. The lowest BCUT2D eigenvalue weighted by Gasteiger charge is -2.40. The summed E-state index contributed by atoms with van der Waals surface area (Å²) in [6, 6.07) is 13.3. The Kier molecular flexibility index (Phi) is 10.6. The number of likely N-dealkylation sites (N-methyl/N-ethyl adjacent to an activating group) is 1. The Morgan fingerprint density at radius 2 is 1.85 bits per heavy atom. The second kappa shape index (κ2) is 15.0. The highest BCUT2D eigenvalue weighted by molar-refractivity contribution is 6.36. The predicted octanol–water partition coefficient (Wildman–Crippen LogP) is 8.02. The zero-order chi connectivity index (χ0) is 36.7. The minimum absolute atomic E-state index is 0.0332. The van der Waals surface area contributed by atoms with Crippen molar-refractivity contribution in [3.63, 3.8) is 0 Å². The Balaban J connectivity index is 1.20. The van der Waals surface area contributed by atoms with Crippen molar-refractivity contribution in [3.8, 4) is 22.6 Å². The van der Waals surface area contributed by atoms with E-state index < -0.39 is 11.4 Å². The van der Waals surface area contributed by atoms with E-state index in [1.165, 1.54) is 7.11 Å². The van der Waals surface area contributed by atoms with Gasteiger partial charge in [0.15, 0.2) is 17.3 Å². The number of hydrogen-bond donors (Lipinski definition) is 1. The molecule has 1 amide bonds. The molecular formula is C40H46Cl2FN5O4. The Morgan fingerprint density at radius 3 is 2.58 bits per heavy atom. The second-order valence-corrected chi connectivity index (χ2v) is 15.3. The van der Waals surface area contributed by atoms with Crippen molar-refractivity contribution < 1.29 is 23.4 Å². The summed E-state index contributed by atoms with van der Waals surface area (Å²) in [5, 5.41) is 3.61. The van der Waals surface area contributed by atoms with Gasteiger partial charge < -0.3 is 29.0 Å². The van der Waals surface area contributed by atoms with Crippen LogP contribution in [0.2, 0.25) is 10.0 Å². The minimum atomic E-state index is -0.941.